The number of urea groups is 1. The predicted molar refractivity (Wildman–Crippen MR) is 95.2 cm³/mol. The first-order valence-electron chi connectivity index (χ1n) is 7.94. The third kappa shape index (κ3) is 6.33. The molecule has 138 valence electrons. The van der Waals surface area contributed by atoms with E-state index < -0.39 is 11.8 Å². The second-order valence-electron chi connectivity index (χ2n) is 5.54. The third-order valence-corrected chi connectivity index (χ3v) is 3.91. The minimum atomic E-state index is -0.492. The zero-order chi connectivity index (χ0) is 18.9. The number of halogens is 2. The summed E-state index contributed by atoms with van der Waals surface area (Å²) in [6.45, 7) is 0.589. The number of amides is 2. The first kappa shape index (κ1) is 19.7. The van der Waals surface area contributed by atoms with Crippen LogP contribution in [0.2, 0.25) is 5.02 Å². The molecule has 0 unspecified atom stereocenters. The van der Waals surface area contributed by atoms with Crippen molar-refractivity contribution >= 4 is 23.6 Å². The van der Waals surface area contributed by atoms with Crippen LogP contribution in [0.25, 0.3) is 0 Å². The third-order valence-electron chi connectivity index (χ3n) is 3.54. The first-order chi connectivity index (χ1) is 12.5. The van der Waals surface area contributed by atoms with Crippen LogP contribution in [0.15, 0.2) is 42.6 Å². The molecular formula is C18H19ClFN3O3. The highest BCUT2D eigenvalue weighted by Crippen LogP contribution is 2.14. The molecule has 1 N–H and O–H groups in total. The van der Waals surface area contributed by atoms with Crippen LogP contribution in [-0.2, 0) is 22.5 Å². The van der Waals surface area contributed by atoms with Gasteiger partial charge >= 0.3 is 12.0 Å². The second-order valence-corrected chi connectivity index (χ2v) is 5.94. The SMILES string of the molecule is CN(CCOC(=O)Cc1ccc(F)cn1)C(=O)NCc1ccccc1Cl. The summed E-state index contributed by atoms with van der Waals surface area (Å²) in [5.74, 6) is -0.958. The summed E-state index contributed by atoms with van der Waals surface area (Å²) in [4.78, 5) is 28.9. The van der Waals surface area contributed by atoms with Crippen molar-refractivity contribution in [2.24, 2.45) is 0 Å². The summed E-state index contributed by atoms with van der Waals surface area (Å²) in [6, 6.07) is 9.58. The normalized spacial score (nSPS) is 10.3. The second kappa shape index (κ2) is 9.72. The molecule has 0 fully saturated rings. The van der Waals surface area contributed by atoms with Gasteiger partial charge in [-0.15, -0.1) is 0 Å². The number of carbonyl (C=O) groups is 2. The number of carbonyl (C=O) groups excluding carboxylic acids is 2. The Morgan fingerprint density at radius 2 is 2.04 bits per heavy atom. The molecular weight excluding hydrogens is 361 g/mol. The average molecular weight is 380 g/mol. The van der Waals surface area contributed by atoms with Crippen LogP contribution in [0, 0.1) is 5.82 Å². The molecule has 26 heavy (non-hydrogen) atoms. The van der Waals surface area contributed by atoms with Crippen molar-refractivity contribution < 1.29 is 18.7 Å². The van der Waals surface area contributed by atoms with Gasteiger partial charge in [0, 0.05) is 18.6 Å². The van der Waals surface area contributed by atoms with Crippen LogP contribution in [0.3, 0.4) is 0 Å². The quantitative estimate of drug-likeness (QED) is 0.751. The summed E-state index contributed by atoms with van der Waals surface area (Å²) in [6.07, 6.45) is 0.989. The molecule has 0 bridgehead atoms. The van der Waals surface area contributed by atoms with Gasteiger partial charge in [-0.25, -0.2) is 9.18 Å². The van der Waals surface area contributed by atoms with E-state index in [1.807, 2.05) is 18.2 Å². The number of benzene rings is 1. The topological polar surface area (TPSA) is 71.5 Å². The molecule has 6 nitrogen and oxygen atoms in total. The molecule has 0 saturated carbocycles. The molecule has 2 amide bonds. The Kier molecular flexibility index (Phi) is 7.35. The van der Waals surface area contributed by atoms with Gasteiger partial charge in [0.2, 0.25) is 0 Å². The lowest BCUT2D eigenvalue weighted by Gasteiger charge is -2.18. The maximum Gasteiger partial charge on any atom is 0.317 e. The highest BCUT2D eigenvalue weighted by molar-refractivity contribution is 6.31. The largest absolute Gasteiger partial charge is 0.464 e. The number of ether oxygens (including phenoxy) is 1. The molecule has 0 saturated heterocycles. The summed E-state index contributed by atoms with van der Waals surface area (Å²) in [5.41, 5.74) is 1.23. The number of esters is 1. The molecule has 0 spiro atoms. The number of rotatable bonds is 7. The average Bonchev–Trinajstić information content (AvgIpc) is 2.62. The zero-order valence-electron chi connectivity index (χ0n) is 14.2. The molecule has 2 rings (SSSR count). The summed E-state index contributed by atoms with van der Waals surface area (Å²) < 4.78 is 17.8. The molecule has 1 aromatic carbocycles. The maximum absolute atomic E-state index is 12.8. The van der Waals surface area contributed by atoms with Crippen molar-refractivity contribution in [2.45, 2.75) is 13.0 Å². The van der Waals surface area contributed by atoms with Crippen molar-refractivity contribution in [3.8, 4) is 0 Å². The van der Waals surface area contributed by atoms with Gasteiger partial charge in [0.15, 0.2) is 0 Å². The van der Waals surface area contributed by atoms with Crippen LogP contribution in [-0.4, -0.2) is 42.1 Å². The Bertz CT molecular complexity index is 756. The molecule has 0 radical (unpaired) electrons. The number of nitrogens with one attached hydrogen (secondary N) is 1. The van der Waals surface area contributed by atoms with Gasteiger partial charge in [-0.05, 0) is 23.8 Å². The van der Waals surface area contributed by atoms with E-state index in [0.717, 1.165) is 11.8 Å². The van der Waals surface area contributed by atoms with Crippen LogP contribution < -0.4 is 5.32 Å². The molecule has 1 aromatic heterocycles. The lowest BCUT2D eigenvalue weighted by Crippen LogP contribution is -2.39. The van der Waals surface area contributed by atoms with Crippen molar-refractivity contribution in [2.75, 3.05) is 20.2 Å². The minimum Gasteiger partial charge on any atom is -0.464 e. The van der Waals surface area contributed by atoms with Crippen LogP contribution >= 0.6 is 11.6 Å². The molecule has 0 aliphatic rings. The van der Waals surface area contributed by atoms with E-state index >= 15 is 0 Å². The van der Waals surface area contributed by atoms with E-state index in [2.05, 4.69) is 10.3 Å². The molecule has 1 heterocycles. The number of nitrogens with zero attached hydrogens (tertiary/aromatic N) is 2. The van der Waals surface area contributed by atoms with Crippen LogP contribution in [0.4, 0.5) is 9.18 Å². The monoisotopic (exact) mass is 379 g/mol. The van der Waals surface area contributed by atoms with E-state index in [1.165, 1.54) is 17.0 Å². The van der Waals surface area contributed by atoms with Gasteiger partial charge in [0.05, 0.1) is 24.9 Å². The van der Waals surface area contributed by atoms with Crippen LogP contribution in [0.5, 0.6) is 0 Å². The summed E-state index contributed by atoms with van der Waals surface area (Å²) in [5, 5.41) is 3.32. The Labute approximate surface area is 155 Å². The van der Waals surface area contributed by atoms with E-state index in [4.69, 9.17) is 16.3 Å². The van der Waals surface area contributed by atoms with E-state index in [-0.39, 0.29) is 25.6 Å². The fourth-order valence-corrected chi connectivity index (χ4v) is 2.26. The standard InChI is InChI=1S/C18H19ClFN3O3/c1-23(18(25)22-11-13-4-2-3-5-16(13)19)8-9-26-17(24)10-15-7-6-14(20)12-21-15/h2-7,12H,8-11H2,1H3,(H,22,25). The van der Waals surface area contributed by atoms with Crippen molar-refractivity contribution in [3.05, 3.63) is 64.7 Å². The lowest BCUT2D eigenvalue weighted by atomic mass is 10.2. The fourth-order valence-electron chi connectivity index (χ4n) is 2.06. The predicted octanol–water partition coefficient (Wildman–Crippen LogP) is 2.80. The van der Waals surface area contributed by atoms with E-state index in [9.17, 15) is 14.0 Å². The number of pyridine rings is 1. The number of hydrogen-bond donors (Lipinski definition) is 1. The minimum absolute atomic E-state index is 0.0516. The Morgan fingerprint density at radius 1 is 1.27 bits per heavy atom. The fraction of sp³-hybridized carbons (Fsp3) is 0.278. The molecule has 0 aliphatic heterocycles. The van der Waals surface area contributed by atoms with Gasteiger partial charge < -0.3 is 15.0 Å². The first-order valence-corrected chi connectivity index (χ1v) is 8.32. The zero-order valence-corrected chi connectivity index (χ0v) is 15.0. The molecule has 2 aromatic rings. The van der Waals surface area contributed by atoms with Crippen LogP contribution in [0.1, 0.15) is 11.3 Å². The van der Waals surface area contributed by atoms with Gasteiger partial charge in [0.25, 0.3) is 0 Å². The Morgan fingerprint density at radius 3 is 2.73 bits per heavy atom. The van der Waals surface area contributed by atoms with Gasteiger partial charge in [-0.2, -0.15) is 0 Å². The van der Waals surface area contributed by atoms with Crippen molar-refractivity contribution in [1.82, 2.24) is 15.2 Å². The van der Waals surface area contributed by atoms with Gasteiger partial charge in [-0.3, -0.25) is 9.78 Å². The Balaban J connectivity index is 1.68. The van der Waals surface area contributed by atoms with Crippen molar-refractivity contribution in [3.63, 3.8) is 0 Å². The lowest BCUT2D eigenvalue weighted by molar-refractivity contribution is -0.143. The summed E-state index contributed by atoms with van der Waals surface area (Å²) in [7, 11) is 1.59. The number of aromatic nitrogens is 1. The van der Waals surface area contributed by atoms with E-state index in [1.54, 1.807) is 13.1 Å². The molecule has 8 heteroatoms. The maximum atomic E-state index is 12.8. The van der Waals surface area contributed by atoms with E-state index in [0.29, 0.717) is 17.3 Å². The van der Waals surface area contributed by atoms with Gasteiger partial charge in [-0.1, -0.05) is 29.8 Å². The highest BCUT2D eigenvalue weighted by Gasteiger charge is 2.11. The smallest absolute Gasteiger partial charge is 0.317 e. The summed E-state index contributed by atoms with van der Waals surface area (Å²) >= 11 is 6.03. The highest BCUT2D eigenvalue weighted by atomic mass is 35.5. The molecule has 0 atom stereocenters. The molecule has 0 aliphatic carbocycles. The van der Waals surface area contributed by atoms with Gasteiger partial charge in [0.1, 0.15) is 12.4 Å². The number of hydrogen-bond acceptors (Lipinski definition) is 4. The Hall–Kier alpha value is -2.67. The van der Waals surface area contributed by atoms with Crippen molar-refractivity contribution in [1.29, 1.82) is 0 Å². The number of likely N-dealkylation sites (N-methyl/N-ethyl adjacent to an activating group) is 1.